The first-order valence-electron chi connectivity index (χ1n) is 8.48. The Hall–Kier alpha value is -2.89. The molecule has 6 nitrogen and oxygen atoms in total. The van der Waals surface area contributed by atoms with Crippen LogP contribution in [0.1, 0.15) is 36.5 Å². The highest BCUT2D eigenvalue weighted by Crippen LogP contribution is 2.31. The molecule has 2 aromatic carbocycles. The number of carbonyl (C=O) groups is 1. The van der Waals surface area contributed by atoms with Gasteiger partial charge in [-0.1, -0.05) is 12.1 Å². The van der Waals surface area contributed by atoms with Gasteiger partial charge in [0.25, 0.3) is 11.6 Å². The molecule has 6 heteroatoms. The van der Waals surface area contributed by atoms with Crippen LogP contribution < -0.4 is 10.2 Å². The molecule has 1 aliphatic heterocycles. The van der Waals surface area contributed by atoms with E-state index >= 15 is 0 Å². The van der Waals surface area contributed by atoms with E-state index < -0.39 is 4.92 Å². The number of nitrogens with one attached hydrogen (secondary N) is 1. The van der Waals surface area contributed by atoms with Gasteiger partial charge in [0, 0.05) is 30.3 Å². The lowest BCUT2D eigenvalue weighted by atomic mass is 10.0. The highest BCUT2D eigenvalue weighted by molar-refractivity contribution is 6.06. The lowest BCUT2D eigenvalue weighted by molar-refractivity contribution is -0.384. The molecule has 1 amide bonds. The van der Waals surface area contributed by atoms with Gasteiger partial charge in [-0.25, -0.2) is 0 Å². The second-order valence-corrected chi connectivity index (χ2v) is 6.31. The number of benzene rings is 2. The Bertz CT molecular complexity index is 774. The number of rotatable bonds is 4. The minimum atomic E-state index is -0.477. The van der Waals surface area contributed by atoms with E-state index in [1.165, 1.54) is 30.7 Å². The zero-order valence-corrected chi connectivity index (χ0v) is 14.1. The number of para-hydroxylation sites is 2. The largest absolute Gasteiger partial charge is 0.367 e. The Kier molecular flexibility index (Phi) is 4.97. The number of carbonyl (C=O) groups excluding carboxylic acids is 1. The normalized spacial score (nSPS) is 17.2. The summed E-state index contributed by atoms with van der Waals surface area (Å²) < 4.78 is 0. The maximum Gasteiger partial charge on any atom is 0.269 e. The predicted octanol–water partition coefficient (Wildman–Crippen LogP) is 4.23. The first-order valence-corrected chi connectivity index (χ1v) is 8.48. The molecule has 0 saturated carbocycles. The number of hydrogen-bond donors (Lipinski definition) is 1. The molecule has 1 unspecified atom stereocenters. The van der Waals surface area contributed by atoms with Crippen molar-refractivity contribution >= 4 is 23.0 Å². The Morgan fingerprint density at radius 3 is 2.56 bits per heavy atom. The summed E-state index contributed by atoms with van der Waals surface area (Å²) in [5.74, 6) is -0.271. The van der Waals surface area contributed by atoms with Crippen molar-refractivity contribution in [2.75, 3.05) is 16.8 Å². The molecular weight excluding hydrogens is 318 g/mol. The van der Waals surface area contributed by atoms with Crippen molar-refractivity contribution in [3.05, 3.63) is 64.2 Å². The highest BCUT2D eigenvalue weighted by atomic mass is 16.6. The molecule has 1 aliphatic rings. The van der Waals surface area contributed by atoms with Gasteiger partial charge in [-0.05, 0) is 50.5 Å². The molecule has 1 N–H and O–H groups in total. The van der Waals surface area contributed by atoms with Crippen molar-refractivity contribution in [1.29, 1.82) is 0 Å². The summed E-state index contributed by atoms with van der Waals surface area (Å²) in [6.07, 6.45) is 3.52. The van der Waals surface area contributed by atoms with E-state index in [4.69, 9.17) is 0 Å². The standard InChI is InChI=1S/C19H21N3O3/c1-14-6-4-5-13-21(14)18-8-3-2-7-17(18)20-19(23)15-9-11-16(12-10-15)22(24)25/h2-3,7-12,14H,4-6,13H2,1H3,(H,20,23). The Morgan fingerprint density at radius 1 is 1.16 bits per heavy atom. The molecule has 0 bridgehead atoms. The van der Waals surface area contributed by atoms with Crippen LogP contribution in [0.15, 0.2) is 48.5 Å². The van der Waals surface area contributed by atoms with E-state index in [0.717, 1.165) is 30.8 Å². The van der Waals surface area contributed by atoms with E-state index in [1.807, 2.05) is 24.3 Å². The molecule has 1 atom stereocenters. The molecule has 1 fully saturated rings. The van der Waals surface area contributed by atoms with Crippen molar-refractivity contribution in [2.24, 2.45) is 0 Å². The third kappa shape index (κ3) is 3.79. The fourth-order valence-corrected chi connectivity index (χ4v) is 3.21. The third-order valence-corrected chi connectivity index (χ3v) is 4.60. The van der Waals surface area contributed by atoms with Crippen LogP contribution in [-0.4, -0.2) is 23.4 Å². The van der Waals surface area contributed by atoms with Gasteiger partial charge in [-0.15, -0.1) is 0 Å². The fourth-order valence-electron chi connectivity index (χ4n) is 3.21. The molecule has 130 valence electrons. The molecular formula is C19H21N3O3. The van der Waals surface area contributed by atoms with Gasteiger partial charge < -0.3 is 10.2 Å². The van der Waals surface area contributed by atoms with Gasteiger partial charge in [-0.3, -0.25) is 14.9 Å². The predicted molar refractivity (Wildman–Crippen MR) is 98.2 cm³/mol. The summed E-state index contributed by atoms with van der Waals surface area (Å²) in [6, 6.07) is 13.8. The zero-order valence-electron chi connectivity index (χ0n) is 14.1. The van der Waals surface area contributed by atoms with Crippen LogP contribution in [0.5, 0.6) is 0 Å². The smallest absolute Gasteiger partial charge is 0.269 e. The zero-order chi connectivity index (χ0) is 17.8. The summed E-state index contributed by atoms with van der Waals surface area (Å²) in [4.78, 5) is 25.1. The molecule has 2 aromatic rings. The van der Waals surface area contributed by atoms with Crippen LogP contribution in [0.3, 0.4) is 0 Å². The van der Waals surface area contributed by atoms with Gasteiger partial charge in [0.05, 0.1) is 16.3 Å². The number of non-ortho nitro benzene ring substituents is 1. The maximum atomic E-state index is 12.5. The van der Waals surface area contributed by atoms with E-state index in [9.17, 15) is 14.9 Å². The van der Waals surface area contributed by atoms with Crippen LogP contribution in [0.4, 0.5) is 17.1 Å². The second-order valence-electron chi connectivity index (χ2n) is 6.31. The molecule has 0 spiro atoms. The summed E-state index contributed by atoms with van der Waals surface area (Å²) in [7, 11) is 0. The molecule has 0 aromatic heterocycles. The quantitative estimate of drug-likeness (QED) is 0.668. The van der Waals surface area contributed by atoms with Gasteiger partial charge in [0.15, 0.2) is 0 Å². The maximum absolute atomic E-state index is 12.5. The van der Waals surface area contributed by atoms with Crippen LogP contribution in [0.25, 0.3) is 0 Å². The van der Waals surface area contributed by atoms with Gasteiger partial charge in [0.2, 0.25) is 0 Å². The summed E-state index contributed by atoms with van der Waals surface area (Å²) in [6.45, 7) is 3.18. The number of hydrogen-bond acceptors (Lipinski definition) is 4. The Morgan fingerprint density at radius 2 is 1.88 bits per heavy atom. The topological polar surface area (TPSA) is 75.5 Å². The molecule has 25 heavy (non-hydrogen) atoms. The minimum Gasteiger partial charge on any atom is -0.367 e. The Balaban J connectivity index is 1.80. The van der Waals surface area contributed by atoms with Crippen molar-refractivity contribution < 1.29 is 9.72 Å². The van der Waals surface area contributed by atoms with Crippen molar-refractivity contribution in [1.82, 2.24) is 0 Å². The van der Waals surface area contributed by atoms with Crippen LogP contribution in [-0.2, 0) is 0 Å². The molecule has 3 rings (SSSR count). The van der Waals surface area contributed by atoms with Crippen molar-refractivity contribution in [2.45, 2.75) is 32.2 Å². The summed E-state index contributed by atoms with van der Waals surface area (Å²) in [5, 5.41) is 13.7. The van der Waals surface area contributed by atoms with Gasteiger partial charge >= 0.3 is 0 Å². The number of nitrogens with zero attached hydrogens (tertiary/aromatic N) is 2. The number of nitro groups is 1. The first kappa shape index (κ1) is 17.0. The molecule has 1 saturated heterocycles. The lowest BCUT2D eigenvalue weighted by Crippen LogP contribution is -2.38. The van der Waals surface area contributed by atoms with E-state index in [0.29, 0.717) is 11.6 Å². The van der Waals surface area contributed by atoms with E-state index in [1.54, 1.807) is 0 Å². The average molecular weight is 339 g/mol. The molecule has 1 heterocycles. The van der Waals surface area contributed by atoms with Gasteiger partial charge in [0.1, 0.15) is 0 Å². The minimum absolute atomic E-state index is 0.0286. The number of piperidine rings is 1. The molecule has 0 aliphatic carbocycles. The lowest BCUT2D eigenvalue weighted by Gasteiger charge is -2.36. The monoisotopic (exact) mass is 339 g/mol. The van der Waals surface area contributed by atoms with Crippen LogP contribution in [0, 0.1) is 10.1 Å². The SMILES string of the molecule is CC1CCCCN1c1ccccc1NC(=O)c1ccc([N+](=O)[O-])cc1. The molecule has 0 radical (unpaired) electrons. The highest BCUT2D eigenvalue weighted by Gasteiger charge is 2.21. The van der Waals surface area contributed by atoms with E-state index in [2.05, 4.69) is 17.1 Å². The second kappa shape index (κ2) is 7.34. The number of nitro benzene ring substituents is 1. The first-order chi connectivity index (χ1) is 12.1. The number of anilines is 2. The van der Waals surface area contributed by atoms with Crippen LogP contribution >= 0.6 is 0 Å². The van der Waals surface area contributed by atoms with Crippen LogP contribution in [0.2, 0.25) is 0 Å². The van der Waals surface area contributed by atoms with Crippen molar-refractivity contribution in [3.63, 3.8) is 0 Å². The van der Waals surface area contributed by atoms with Crippen molar-refractivity contribution in [3.8, 4) is 0 Å². The number of amides is 1. The third-order valence-electron chi connectivity index (χ3n) is 4.60. The van der Waals surface area contributed by atoms with Gasteiger partial charge in [-0.2, -0.15) is 0 Å². The Labute approximate surface area is 146 Å². The summed E-state index contributed by atoms with van der Waals surface area (Å²) in [5.41, 5.74) is 2.15. The average Bonchev–Trinajstić information content (AvgIpc) is 2.63. The summed E-state index contributed by atoms with van der Waals surface area (Å²) >= 11 is 0. The van der Waals surface area contributed by atoms with E-state index in [-0.39, 0.29) is 11.6 Å². The fraction of sp³-hybridized carbons (Fsp3) is 0.316.